The van der Waals surface area contributed by atoms with Crippen molar-refractivity contribution < 1.29 is 14.6 Å². The number of piperidine rings is 1. The van der Waals surface area contributed by atoms with Gasteiger partial charge in [-0.2, -0.15) is 0 Å². The van der Waals surface area contributed by atoms with E-state index in [-0.39, 0.29) is 11.5 Å². The maximum atomic E-state index is 12.7. The van der Waals surface area contributed by atoms with Gasteiger partial charge in [-0.05, 0) is 62.7 Å². The van der Waals surface area contributed by atoms with E-state index in [1.165, 1.54) is 25.3 Å². The zero-order chi connectivity index (χ0) is 19.9. The summed E-state index contributed by atoms with van der Waals surface area (Å²) in [5, 5.41) is 11.0. The number of benzene rings is 2. The van der Waals surface area contributed by atoms with Gasteiger partial charge < -0.3 is 9.84 Å². The number of hydrogen-bond donors (Lipinski definition) is 1. The van der Waals surface area contributed by atoms with Gasteiger partial charge in [-0.1, -0.05) is 36.2 Å². The van der Waals surface area contributed by atoms with Gasteiger partial charge in [0.05, 0.1) is 12.2 Å². The molecule has 1 heterocycles. The lowest BCUT2D eigenvalue weighted by molar-refractivity contribution is 0.104. The molecule has 4 nitrogen and oxygen atoms in total. The van der Waals surface area contributed by atoms with E-state index in [1.807, 2.05) is 19.1 Å². The molecular formula is C23H26ClNO3. The van der Waals surface area contributed by atoms with Crippen molar-refractivity contribution in [2.45, 2.75) is 32.7 Å². The summed E-state index contributed by atoms with van der Waals surface area (Å²) in [7, 11) is 0. The Morgan fingerprint density at radius 1 is 1.18 bits per heavy atom. The molecule has 2 aromatic carbocycles. The number of carbonyl (C=O) groups is 1. The maximum absolute atomic E-state index is 12.7. The van der Waals surface area contributed by atoms with Crippen LogP contribution in [0.4, 0.5) is 0 Å². The third-order valence-corrected chi connectivity index (χ3v) is 5.14. The summed E-state index contributed by atoms with van der Waals surface area (Å²) in [5.41, 5.74) is 2.10. The number of halogens is 1. The lowest BCUT2D eigenvalue weighted by Gasteiger charge is -2.27. The van der Waals surface area contributed by atoms with E-state index in [0.29, 0.717) is 22.9 Å². The molecule has 0 aromatic heterocycles. The molecule has 1 fully saturated rings. The van der Waals surface area contributed by atoms with Crippen molar-refractivity contribution in [2.24, 2.45) is 0 Å². The minimum Gasteiger partial charge on any atom is -0.507 e. The molecule has 28 heavy (non-hydrogen) atoms. The fourth-order valence-corrected chi connectivity index (χ4v) is 3.54. The molecule has 0 bridgehead atoms. The highest BCUT2D eigenvalue weighted by Crippen LogP contribution is 2.31. The molecule has 0 amide bonds. The number of phenolic OH excluding ortho intramolecular Hbond substituents is 1. The van der Waals surface area contributed by atoms with Crippen LogP contribution in [0.1, 0.15) is 47.7 Å². The largest absolute Gasteiger partial charge is 0.507 e. The number of hydrogen-bond acceptors (Lipinski definition) is 4. The summed E-state index contributed by atoms with van der Waals surface area (Å²) in [6, 6.07) is 10.6. The highest BCUT2D eigenvalue weighted by atomic mass is 35.5. The van der Waals surface area contributed by atoms with Crippen molar-refractivity contribution in [3.05, 3.63) is 64.2 Å². The molecule has 148 valence electrons. The van der Waals surface area contributed by atoms with Crippen molar-refractivity contribution in [3.63, 3.8) is 0 Å². The van der Waals surface area contributed by atoms with Crippen LogP contribution in [0.15, 0.2) is 42.5 Å². The Balaban J connectivity index is 1.83. The van der Waals surface area contributed by atoms with Gasteiger partial charge in [-0.15, -0.1) is 0 Å². The van der Waals surface area contributed by atoms with Gasteiger partial charge in [0.25, 0.3) is 0 Å². The first kappa shape index (κ1) is 20.4. The molecule has 0 atom stereocenters. The van der Waals surface area contributed by atoms with E-state index in [1.54, 1.807) is 30.3 Å². The SMILES string of the molecule is CCOc1cc(O)c(C(=O)/C=C/c2ccc(Cl)cc2)cc1CN1CCCCC1. The van der Waals surface area contributed by atoms with Crippen LogP contribution in [0.3, 0.4) is 0 Å². The number of ether oxygens (including phenoxy) is 1. The predicted molar refractivity (Wildman–Crippen MR) is 113 cm³/mol. The molecule has 0 aliphatic carbocycles. The van der Waals surface area contributed by atoms with Crippen molar-refractivity contribution >= 4 is 23.5 Å². The smallest absolute Gasteiger partial charge is 0.189 e. The molecular weight excluding hydrogens is 374 g/mol. The second-order valence-electron chi connectivity index (χ2n) is 7.00. The topological polar surface area (TPSA) is 49.8 Å². The van der Waals surface area contributed by atoms with Crippen molar-refractivity contribution in [2.75, 3.05) is 19.7 Å². The first-order valence-electron chi connectivity index (χ1n) is 9.76. The number of nitrogens with zero attached hydrogens (tertiary/aromatic N) is 1. The molecule has 1 aliphatic rings. The Labute approximate surface area is 171 Å². The lowest BCUT2D eigenvalue weighted by Crippen LogP contribution is -2.29. The van der Waals surface area contributed by atoms with Crippen LogP contribution in [0.25, 0.3) is 6.08 Å². The Bertz CT molecular complexity index is 840. The van der Waals surface area contributed by atoms with Gasteiger partial charge in [0, 0.05) is 23.2 Å². The lowest BCUT2D eigenvalue weighted by atomic mass is 10.0. The molecule has 1 aliphatic heterocycles. The van der Waals surface area contributed by atoms with Gasteiger partial charge in [-0.25, -0.2) is 0 Å². The average molecular weight is 400 g/mol. The van der Waals surface area contributed by atoms with Crippen molar-refractivity contribution in [1.29, 1.82) is 0 Å². The van der Waals surface area contributed by atoms with E-state index in [9.17, 15) is 9.90 Å². The Morgan fingerprint density at radius 3 is 2.57 bits per heavy atom. The summed E-state index contributed by atoms with van der Waals surface area (Å²) in [5.74, 6) is 0.343. The number of allylic oxidation sites excluding steroid dienone is 1. The average Bonchev–Trinajstić information content (AvgIpc) is 2.70. The van der Waals surface area contributed by atoms with Crippen LogP contribution in [0.5, 0.6) is 11.5 Å². The minimum atomic E-state index is -0.240. The van der Waals surface area contributed by atoms with Crippen LogP contribution in [-0.2, 0) is 6.54 Å². The van der Waals surface area contributed by atoms with E-state index in [2.05, 4.69) is 4.90 Å². The van der Waals surface area contributed by atoms with Crippen LogP contribution in [0, 0.1) is 0 Å². The van der Waals surface area contributed by atoms with Crippen LogP contribution in [-0.4, -0.2) is 35.5 Å². The second kappa shape index (κ2) is 9.76. The monoisotopic (exact) mass is 399 g/mol. The minimum absolute atomic E-state index is 0.0587. The van der Waals surface area contributed by atoms with E-state index in [0.717, 1.165) is 30.8 Å². The molecule has 5 heteroatoms. The number of phenols is 1. The molecule has 0 spiro atoms. The van der Waals surface area contributed by atoms with E-state index in [4.69, 9.17) is 16.3 Å². The summed E-state index contributed by atoms with van der Waals surface area (Å²) >= 11 is 5.89. The molecule has 0 saturated carbocycles. The Kier molecular flexibility index (Phi) is 7.12. The standard InChI is InChI=1S/C23H26ClNO3/c1-2-28-23-15-22(27)20(14-18(23)16-25-12-4-3-5-13-25)21(26)11-8-17-6-9-19(24)10-7-17/h6-11,14-15,27H,2-5,12-13,16H2,1H3/b11-8+. The summed E-state index contributed by atoms with van der Waals surface area (Å²) in [6.45, 7) is 5.24. The molecule has 2 aromatic rings. The van der Waals surface area contributed by atoms with Gasteiger partial charge in [0.1, 0.15) is 11.5 Å². The molecule has 3 rings (SSSR count). The maximum Gasteiger partial charge on any atom is 0.189 e. The van der Waals surface area contributed by atoms with Crippen molar-refractivity contribution in [3.8, 4) is 11.5 Å². The zero-order valence-electron chi connectivity index (χ0n) is 16.2. The molecule has 1 saturated heterocycles. The highest BCUT2D eigenvalue weighted by Gasteiger charge is 2.18. The second-order valence-corrected chi connectivity index (χ2v) is 7.43. The Morgan fingerprint density at radius 2 is 1.89 bits per heavy atom. The first-order valence-corrected chi connectivity index (χ1v) is 10.1. The number of aromatic hydroxyl groups is 1. The third-order valence-electron chi connectivity index (χ3n) is 4.88. The van der Waals surface area contributed by atoms with E-state index >= 15 is 0 Å². The number of ketones is 1. The normalized spacial score (nSPS) is 15.1. The predicted octanol–water partition coefficient (Wildman–Crippen LogP) is 5.33. The highest BCUT2D eigenvalue weighted by molar-refractivity contribution is 6.30. The fourth-order valence-electron chi connectivity index (χ4n) is 3.42. The molecule has 1 N–H and O–H groups in total. The number of likely N-dealkylation sites (tertiary alicyclic amines) is 1. The summed E-state index contributed by atoms with van der Waals surface area (Å²) in [6.07, 6.45) is 6.85. The van der Waals surface area contributed by atoms with Crippen LogP contribution in [0.2, 0.25) is 5.02 Å². The van der Waals surface area contributed by atoms with E-state index < -0.39 is 0 Å². The quantitative estimate of drug-likeness (QED) is 0.505. The van der Waals surface area contributed by atoms with Gasteiger partial charge in [-0.3, -0.25) is 9.69 Å². The van der Waals surface area contributed by atoms with Gasteiger partial charge in [0.2, 0.25) is 0 Å². The summed E-state index contributed by atoms with van der Waals surface area (Å²) < 4.78 is 5.71. The van der Waals surface area contributed by atoms with Crippen molar-refractivity contribution in [1.82, 2.24) is 4.90 Å². The zero-order valence-corrected chi connectivity index (χ0v) is 16.9. The third kappa shape index (κ3) is 5.37. The van der Waals surface area contributed by atoms with Crippen LogP contribution >= 0.6 is 11.6 Å². The van der Waals surface area contributed by atoms with Gasteiger partial charge >= 0.3 is 0 Å². The van der Waals surface area contributed by atoms with Crippen LogP contribution < -0.4 is 4.74 Å². The number of rotatable bonds is 7. The summed E-state index contributed by atoms with van der Waals surface area (Å²) in [4.78, 5) is 15.1. The Hall–Kier alpha value is -2.30. The molecule has 0 radical (unpaired) electrons. The number of carbonyl (C=O) groups excluding carboxylic acids is 1. The fraction of sp³-hybridized carbons (Fsp3) is 0.348. The first-order chi connectivity index (χ1) is 13.6. The molecule has 0 unspecified atom stereocenters. The van der Waals surface area contributed by atoms with Gasteiger partial charge in [0.15, 0.2) is 5.78 Å².